The SMILES string of the molecule is Clc1cncc(Oc2cnc3nnn(Cc4ccc5ncccc5c4)c3n2)c1. The molecule has 0 radical (unpaired) electrons. The molecule has 0 N–H and O–H groups in total. The maximum Gasteiger partial charge on any atom is 0.240 e. The summed E-state index contributed by atoms with van der Waals surface area (Å²) in [6, 6.07) is 11.7. The Hall–Kier alpha value is -3.65. The summed E-state index contributed by atoms with van der Waals surface area (Å²) in [5.41, 5.74) is 2.97. The van der Waals surface area contributed by atoms with Crippen LogP contribution in [0.5, 0.6) is 11.6 Å². The highest BCUT2D eigenvalue weighted by molar-refractivity contribution is 6.30. The minimum atomic E-state index is 0.308. The van der Waals surface area contributed by atoms with Gasteiger partial charge in [-0.25, -0.2) is 9.67 Å². The molecule has 0 amide bonds. The molecule has 28 heavy (non-hydrogen) atoms. The first-order valence-corrected chi connectivity index (χ1v) is 8.81. The molecule has 0 fully saturated rings. The fraction of sp³-hybridized carbons (Fsp3) is 0.0526. The van der Waals surface area contributed by atoms with E-state index in [-0.39, 0.29) is 0 Å². The molecule has 0 aliphatic heterocycles. The van der Waals surface area contributed by atoms with Gasteiger partial charge >= 0.3 is 0 Å². The molecule has 0 saturated heterocycles. The van der Waals surface area contributed by atoms with Gasteiger partial charge in [0.15, 0.2) is 0 Å². The summed E-state index contributed by atoms with van der Waals surface area (Å²) in [7, 11) is 0. The molecule has 8 nitrogen and oxygen atoms in total. The summed E-state index contributed by atoms with van der Waals surface area (Å²) >= 11 is 5.94. The Balaban J connectivity index is 1.47. The van der Waals surface area contributed by atoms with E-state index in [2.05, 4.69) is 36.3 Å². The van der Waals surface area contributed by atoms with Crippen LogP contribution >= 0.6 is 11.6 Å². The summed E-state index contributed by atoms with van der Waals surface area (Å²) in [5, 5.41) is 9.79. The number of halogens is 1. The smallest absolute Gasteiger partial charge is 0.240 e. The zero-order valence-corrected chi connectivity index (χ0v) is 15.2. The highest BCUT2D eigenvalue weighted by Gasteiger charge is 2.11. The zero-order chi connectivity index (χ0) is 18.9. The predicted molar refractivity (Wildman–Crippen MR) is 103 cm³/mol. The number of ether oxygens (including phenoxy) is 1. The second-order valence-electron chi connectivity index (χ2n) is 6.07. The number of benzene rings is 1. The molecule has 5 rings (SSSR count). The van der Waals surface area contributed by atoms with Crippen LogP contribution in [0.25, 0.3) is 22.2 Å². The van der Waals surface area contributed by atoms with Crippen LogP contribution in [0.2, 0.25) is 5.02 Å². The van der Waals surface area contributed by atoms with Crippen LogP contribution in [0.4, 0.5) is 0 Å². The third-order valence-corrected chi connectivity index (χ3v) is 4.31. The molecular weight excluding hydrogens is 378 g/mol. The van der Waals surface area contributed by atoms with Gasteiger partial charge < -0.3 is 4.74 Å². The number of pyridine rings is 2. The van der Waals surface area contributed by atoms with E-state index in [0.29, 0.717) is 34.5 Å². The Morgan fingerprint density at radius 3 is 2.93 bits per heavy atom. The van der Waals surface area contributed by atoms with Gasteiger partial charge in [-0.1, -0.05) is 28.9 Å². The van der Waals surface area contributed by atoms with Crippen LogP contribution < -0.4 is 4.74 Å². The van der Waals surface area contributed by atoms with Crippen molar-refractivity contribution in [2.24, 2.45) is 0 Å². The first-order chi connectivity index (χ1) is 13.7. The van der Waals surface area contributed by atoms with Gasteiger partial charge in [0, 0.05) is 23.8 Å². The zero-order valence-electron chi connectivity index (χ0n) is 14.4. The number of fused-ring (bicyclic) bond motifs is 2. The summed E-state index contributed by atoms with van der Waals surface area (Å²) in [6.45, 7) is 0.498. The maximum absolute atomic E-state index is 5.94. The van der Waals surface area contributed by atoms with Gasteiger partial charge in [-0.2, -0.15) is 4.98 Å². The number of hydrogen-bond donors (Lipinski definition) is 0. The van der Waals surface area contributed by atoms with Crippen LogP contribution in [0.3, 0.4) is 0 Å². The molecule has 136 valence electrons. The Bertz CT molecular complexity index is 1300. The van der Waals surface area contributed by atoms with E-state index in [4.69, 9.17) is 16.3 Å². The summed E-state index contributed by atoms with van der Waals surface area (Å²) in [5.74, 6) is 0.782. The van der Waals surface area contributed by atoms with Gasteiger partial charge in [-0.05, 0) is 23.8 Å². The van der Waals surface area contributed by atoms with E-state index in [1.807, 2.05) is 24.3 Å². The molecule has 0 saturated carbocycles. The molecule has 5 aromatic rings. The van der Waals surface area contributed by atoms with Crippen LogP contribution in [0, 0.1) is 0 Å². The van der Waals surface area contributed by atoms with Crippen LogP contribution in [0.1, 0.15) is 5.56 Å². The molecule has 0 unspecified atom stereocenters. The van der Waals surface area contributed by atoms with Gasteiger partial charge in [0.2, 0.25) is 17.2 Å². The molecule has 0 aliphatic carbocycles. The number of nitrogens with zero attached hydrogens (tertiary/aromatic N) is 7. The molecule has 0 bridgehead atoms. The maximum atomic E-state index is 5.94. The van der Waals surface area contributed by atoms with E-state index in [0.717, 1.165) is 16.5 Å². The van der Waals surface area contributed by atoms with Gasteiger partial charge in [0.1, 0.15) is 5.75 Å². The molecular formula is C19H12ClN7O. The van der Waals surface area contributed by atoms with Gasteiger partial charge in [-0.15, -0.1) is 5.10 Å². The fourth-order valence-corrected chi connectivity index (χ4v) is 3.02. The summed E-state index contributed by atoms with van der Waals surface area (Å²) < 4.78 is 7.39. The quantitative estimate of drug-likeness (QED) is 0.463. The summed E-state index contributed by atoms with van der Waals surface area (Å²) in [6.07, 6.45) is 6.35. The van der Waals surface area contributed by atoms with Crippen molar-refractivity contribution in [3.63, 3.8) is 0 Å². The van der Waals surface area contributed by atoms with Crippen LogP contribution in [-0.4, -0.2) is 34.9 Å². The lowest BCUT2D eigenvalue weighted by Crippen LogP contribution is -2.03. The highest BCUT2D eigenvalue weighted by atomic mass is 35.5. The number of aromatic nitrogens is 7. The Kier molecular flexibility index (Phi) is 4.02. The predicted octanol–water partition coefficient (Wildman–Crippen LogP) is 3.66. The van der Waals surface area contributed by atoms with Crippen LogP contribution in [-0.2, 0) is 6.54 Å². The summed E-state index contributed by atoms with van der Waals surface area (Å²) in [4.78, 5) is 17.1. The van der Waals surface area contributed by atoms with Crippen LogP contribution in [0.15, 0.2) is 61.2 Å². The number of rotatable bonds is 4. The van der Waals surface area contributed by atoms with Crippen molar-refractivity contribution < 1.29 is 4.74 Å². The first kappa shape index (κ1) is 16.5. The topological polar surface area (TPSA) is 91.5 Å². The largest absolute Gasteiger partial charge is 0.436 e. The average molecular weight is 390 g/mol. The Labute approximate surface area is 163 Å². The average Bonchev–Trinajstić information content (AvgIpc) is 3.10. The third kappa shape index (κ3) is 3.21. The van der Waals surface area contributed by atoms with Crippen molar-refractivity contribution in [3.8, 4) is 11.6 Å². The monoisotopic (exact) mass is 389 g/mol. The van der Waals surface area contributed by atoms with Crippen molar-refractivity contribution in [1.29, 1.82) is 0 Å². The van der Waals surface area contributed by atoms with Crippen molar-refractivity contribution in [2.75, 3.05) is 0 Å². The van der Waals surface area contributed by atoms with E-state index >= 15 is 0 Å². The Morgan fingerprint density at radius 1 is 1.04 bits per heavy atom. The lowest BCUT2D eigenvalue weighted by Gasteiger charge is -2.06. The first-order valence-electron chi connectivity index (χ1n) is 8.43. The molecule has 0 aliphatic rings. The van der Waals surface area contributed by atoms with Crippen molar-refractivity contribution >= 4 is 33.8 Å². The van der Waals surface area contributed by atoms with E-state index < -0.39 is 0 Å². The van der Waals surface area contributed by atoms with Gasteiger partial charge in [-0.3, -0.25) is 9.97 Å². The molecule has 0 spiro atoms. The highest BCUT2D eigenvalue weighted by Crippen LogP contribution is 2.22. The fourth-order valence-electron chi connectivity index (χ4n) is 2.86. The van der Waals surface area contributed by atoms with Gasteiger partial charge in [0.05, 0.1) is 29.5 Å². The Morgan fingerprint density at radius 2 is 2.00 bits per heavy atom. The minimum absolute atomic E-state index is 0.308. The lowest BCUT2D eigenvalue weighted by atomic mass is 10.1. The lowest BCUT2D eigenvalue weighted by molar-refractivity contribution is 0.459. The standard InChI is InChI=1S/C19H12ClN7O/c20-14-7-15(9-21-8-14)28-17-10-23-18-19(24-17)27(26-25-18)11-12-3-4-16-13(6-12)2-1-5-22-16/h1-10H,11H2. The minimum Gasteiger partial charge on any atom is -0.436 e. The molecule has 0 atom stereocenters. The van der Waals surface area contributed by atoms with E-state index in [1.54, 1.807) is 23.1 Å². The molecule has 4 heterocycles. The second-order valence-corrected chi connectivity index (χ2v) is 6.51. The van der Waals surface area contributed by atoms with Gasteiger partial charge in [0.25, 0.3) is 0 Å². The molecule has 9 heteroatoms. The number of hydrogen-bond acceptors (Lipinski definition) is 7. The van der Waals surface area contributed by atoms with Crippen molar-refractivity contribution in [2.45, 2.75) is 6.54 Å². The second kappa shape index (κ2) is 6.82. The molecule has 1 aromatic carbocycles. The van der Waals surface area contributed by atoms with E-state index in [9.17, 15) is 0 Å². The van der Waals surface area contributed by atoms with Crippen molar-refractivity contribution in [3.05, 3.63) is 71.8 Å². The molecule has 4 aromatic heterocycles. The normalized spacial score (nSPS) is 11.2. The van der Waals surface area contributed by atoms with Crippen molar-refractivity contribution in [1.82, 2.24) is 34.9 Å². The third-order valence-electron chi connectivity index (χ3n) is 4.11. The van der Waals surface area contributed by atoms with E-state index in [1.165, 1.54) is 12.4 Å².